The first kappa shape index (κ1) is 44.1. The summed E-state index contributed by atoms with van der Waals surface area (Å²) in [5.41, 5.74) is 0. The highest BCUT2D eigenvalue weighted by molar-refractivity contribution is 7.47. The van der Waals surface area contributed by atoms with Crippen LogP contribution >= 0.6 is 7.82 Å². The normalized spacial score (nSPS) is 35.1. The first-order valence-corrected chi connectivity index (χ1v) is 16.6. The number of phosphoric ester groups is 1. The lowest BCUT2D eigenvalue weighted by Gasteiger charge is -2.47. The number of phosphoric acid groups is 1. The summed E-state index contributed by atoms with van der Waals surface area (Å²) in [6.07, 6.45) is -24.0. The van der Waals surface area contributed by atoms with E-state index >= 15 is 0 Å². The van der Waals surface area contributed by atoms with Gasteiger partial charge in [0.05, 0.1) is 45.7 Å². The van der Waals surface area contributed by atoms with Gasteiger partial charge in [0.2, 0.25) is 5.91 Å². The minimum Gasteiger partial charge on any atom is -0.394 e. The fraction of sp³-hybridized carbons (Fsp3) is 0.960. The van der Waals surface area contributed by atoms with Crippen molar-refractivity contribution in [1.29, 1.82) is 0 Å². The smallest absolute Gasteiger partial charge is 0.394 e. The van der Waals surface area contributed by atoms with Crippen LogP contribution in [0, 0.1) is 0 Å². The number of rotatable bonds is 21. The quantitative estimate of drug-likeness (QED) is 0.0383. The molecule has 16 atom stereocenters. The zero-order valence-electron chi connectivity index (χ0n) is 26.3. The van der Waals surface area contributed by atoms with E-state index in [-0.39, 0.29) is 6.54 Å². The minimum absolute atomic E-state index is 0.166. The third-order valence-electron chi connectivity index (χ3n) is 7.46. The highest BCUT2D eigenvalue weighted by Gasteiger charge is 2.51. The Kier molecular flexibility index (Phi) is 18.7. The Labute approximate surface area is 279 Å². The molecule has 0 radical (unpaired) electrons. The molecule has 49 heavy (non-hydrogen) atoms. The van der Waals surface area contributed by atoms with Crippen LogP contribution in [0.5, 0.6) is 0 Å². The Morgan fingerprint density at radius 1 is 0.816 bits per heavy atom. The Balaban J connectivity index is 1.94. The Morgan fingerprint density at radius 3 is 2.02 bits per heavy atom. The van der Waals surface area contributed by atoms with E-state index in [0.29, 0.717) is 0 Å². The van der Waals surface area contributed by atoms with Crippen molar-refractivity contribution in [1.82, 2.24) is 10.6 Å². The Morgan fingerprint density at radius 2 is 1.43 bits per heavy atom. The molecule has 0 aromatic rings. The number of nitrogens with one attached hydrogen (secondary N) is 2. The lowest BCUT2D eigenvalue weighted by atomic mass is 9.95. The van der Waals surface area contributed by atoms with Crippen LogP contribution in [0.3, 0.4) is 0 Å². The Bertz CT molecular complexity index is 1020. The van der Waals surface area contributed by atoms with Crippen LogP contribution in [0.15, 0.2) is 0 Å². The van der Waals surface area contributed by atoms with Crippen molar-refractivity contribution in [2.75, 3.05) is 52.7 Å². The summed E-state index contributed by atoms with van der Waals surface area (Å²) >= 11 is 0. The van der Waals surface area contributed by atoms with E-state index < -0.39 is 152 Å². The SMILES string of the molecule is CC(=O)N[C@H]1[C@H](OC[C@@H](O)[C@H](O)[C@H](O)[C@@H](O)CNCCOP(=O)(O)OCC(O)CO)O[C@H](CO)[C@@H](O[C@@H]2O[C@H](CO)[C@H](O)[C@H](O)[C@H]2O)[C@@H]1O. The molecule has 0 spiro atoms. The fourth-order valence-corrected chi connectivity index (χ4v) is 5.48. The third kappa shape index (κ3) is 13.1. The maximum atomic E-state index is 11.9. The molecule has 0 saturated carbocycles. The summed E-state index contributed by atoms with van der Waals surface area (Å²) < 4.78 is 42.7. The van der Waals surface area contributed by atoms with Gasteiger partial charge in [0.25, 0.3) is 0 Å². The second-order valence-corrected chi connectivity index (χ2v) is 12.8. The number of carbonyl (C=O) groups is 1. The van der Waals surface area contributed by atoms with Crippen molar-refractivity contribution >= 4 is 13.7 Å². The zero-order chi connectivity index (χ0) is 37.1. The third-order valence-corrected chi connectivity index (χ3v) is 8.44. The highest BCUT2D eigenvalue weighted by atomic mass is 31.2. The van der Waals surface area contributed by atoms with Crippen molar-refractivity contribution in [3.05, 3.63) is 0 Å². The van der Waals surface area contributed by atoms with Crippen molar-refractivity contribution in [3.8, 4) is 0 Å². The molecule has 23 nitrogen and oxygen atoms in total. The molecular weight excluding hydrogens is 695 g/mol. The molecule has 2 aliphatic rings. The predicted molar refractivity (Wildman–Crippen MR) is 156 cm³/mol. The van der Waals surface area contributed by atoms with Crippen LogP contribution in [0.25, 0.3) is 0 Å². The molecular formula is C25H49N2O21P. The molecule has 0 aromatic heterocycles. The molecule has 0 bridgehead atoms. The predicted octanol–water partition coefficient (Wildman–Crippen LogP) is -8.71. The molecule has 0 aliphatic carbocycles. The number of hydrogen-bond donors (Lipinski definition) is 15. The number of aliphatic hydroxyl groups is 12. The molecule has 2 aliphatic heterocycles. The summed E-state index contributed by atoms with van der Waals surface area (Å²) in [5.74, 6) is -0.706. The average Bonchev–Trinajstić information content (AvgIpc) is 3.06. The minimum atomic E-state index is -4.56. The van der Waals surface area contributed by atoms with Crippen molar-refractivity contribution in [3.63, 3.8) is 0 Å². The number of carbonyl (C=O) groups excluding carboxylic acids is 1. The van der Waals surface area contributed by atoms with Gasteiger partial charge in [-0.15, -0.1) is 0 Å². The first-order valence-electron chi connectivity index (χ1n) is 15.1. The van der Waals surface area contributed by atoms with E-state index in [9.17, 15) is 65.3 Å². The van der Waals surface area contributed by atoms with Crippen molar-refractivity contribution < 1.29 is 104 Å². The molecule has 2 saturated heterocycles. The second kappa shape index (κ2) is 20.8. The van der Waals surface area contributed by atoms with Gasteiger partial charge in [-0.25, -0.2) is 4.57 Å². The van der Waals surface area contributed by atoms with Gasteiger partial charge in [-0.2, -0.15) is 0 Å². The number of ether oxygens (including phenoxy) is 4. The largest absolute Gasteiger partial charge is 0.472 e. The average molecular weight is 745 g/mol. The van der Waals surface area contributed by atoms with Gasteiger partial charge in [-0.3, -0.25) is 13.8 Å². The van der Waals surface area contributed by atoms with Crippen molar-refractivity contribution in [2.45, 2.75) is 98.8 Å². The van der Waals surface area contributed by atoms with E-state index in [2.05, 4.69) is 19.7 Å². The van der Waals surface area contributed by atoms with Crippen LogP contribution in [-0.4, -0.2) is 217 Å². The lowest BCUT2D eigenvalue weighted by molar-refractivity contribution is -0.349. The molecule has 2 rings (SSSR count). The van der Waals surface area contributed by atoms with Crippen LogP contribution < -0.4 is 10.6 Å². The van der Waals surface area contributed by atoms with Gasteiger partial charge >= 0.3 is 7.82 Å². The molecule has 290 valence electrons. The van der Waals surface area contributed by atoms with Crippen LogP contribution in [-0.2, 0) is 37.4 Å². The summed E-state index contributed by atoms with van der Waals surface area (Å²) in [6.45, 7) is -3.77. The zero-order valence-corrected chi connectivity index (χ0v) is 27.2. The van der Waals surface area contributed by atoms with Crippen LogP contribution in [0.1, 0.15) is 6.92 Å². The monoisotopic (exact) mass is 744 g/mol. The molecule has 1 amide bonds. The topological polar surface area (TPSA) is 377 Å². The van der Waals surface area contributed by atoms with E-state index in [1.165, 1.54) is 0 Å². The standard InChI is InChI=1S/C25H49N2O21P/c1-10(31)27-16-20(38)23(48-25-22(40)21(39)19(37)14(6-29)46-25)15(7-30)47-24(16)43-9-13(34)18(36)17(35)12(33)4-26-2-3-44-49(41,42)45-8-11(32)5-28/h11-26,28-30,32-40H,2-9H2,1H3,(H,27,31)(H,41,42)/t11?,12-,13+,14+,15+,16+,17+,18-,19-,20+,21-,22+,23+,24+,25-/m0/s1. The van der Waals surface area contributed by atoms with Crippen LogP contribution in [0.4, 0.5) is 0 Å². The summed E-state index contributed by atoms with van der Waals surface area (Å²) in [5, 5.41) is 125. The molecule has 24 heteroatoms. The number of amides is 1. The Hall–Kier alpha value is -1.10. The van der Waals surface area contributed by atoms with Gasteiger partial charge in [0.1, 0.15) is 73.2 Å². The van der Waals surface area contributed by atoms with Gasteiger partial charge in [-0.1, -0.05) is 0 Å². The summed E-state index contributed by atoms with van der Waals surface area (Å²) in [4.78, 5) is 21.4. The molecule has 2 fully saturated rings. The van der Waals surface area contributed by atoms with E-state index in [0.717, 1.165) is 6.92 Å². The van der Waals surface area contributed by atoms with Gasteiger partial charge in [-0.05, 0) is 0 Å². The maximum absolute atomic E-state index is 11.9. The highest BCUT2D eigenvalue weighted by Crippen LogP contribution is 2.42. The summed E-state index contributed by atoms with van der Waals surface area (Å²) in [6, 6.07) is -1.49. The second-order valence-electron chi connectivity index (χ2n) is 11.3. The lowest BCUT2D eigenvalue weighted by Crippen LogP contribution is -2.67. The van der Waals surface area contributed by atoms with E-state index in [1.54, 1.807) is 0 Å². The van der Waals surface area contributed by atoms with Crippen LogP contribution in [0.2, 0.25) is 0 Å². The first-order chi connectivity index (χ1) is 23.0. The van der Waals surface area contributed by atoms with Gasteiger partial charge in [0, 0.05) is 20.0 Å². The number of hydrogen-bond acceptors (Lipinski definition) is 21. The van der Waals surface area contributed by atoms with E-state index in [4.69, 9.17) is 29.2 Å². The number of aliphatic hydroxyl groups excluding tert-OH is 12. The van der Waals surface area contributed by atoms with Gasteiger partial charge < -0.3 is 95.8 Å². The fourth-order valence-electron chi connectivity index (χ4n) is 4.72. The molecule has 15 N–H and O–H groups in total. The summed E-state index contributed by atoms with van der Waals surface area (Å²) in [7, 11) is -4.56. The van der Waals surface area contributed by atoms with Crippen molar-refractivity contribution in [2.24, 2.45) is 0 Å². The maximum Gasteiger partial charge on any atom is 0.472 e. The van der Waals surface area contributed by atoms with E-state index in [1.807, 2.05) is 0 Å². The molecule has 0 aromatic carbocycles. The van der Waals surface area contributed by atoms with Gasteiger partial charge in [0.15, 0.2) is 12.6 Å². The molecule has 2 heterocycles. The molecule has 2 unspecified atom stereocenters.